The standard InChI is InChI=1S/C5H9N2O/c1-4-3-6-5(8)7(4)2/h4H,1,3H2,2H3,(H,6,8). The summed E-state index contributed by atoms with van der Waals surface area (Å²) in [6.07, 6.45) is 0. The van der Waals surface area contributed by atoms with Crippen molar-refractivity contribution in [3.8, 4) is 0 Å². The van der Waals surface area contributed by atoms with Crippen LogP contribution < -0.4 is 5.32 Å². The number of urea groups is 1. The zero-order valence-corrected chi connectivity index (χ0v) is 4.85. The lowest BCUT2D eigenvalue weighted by molar-refractivity contribution is 0.221. The van der Waals surface area contributed by atoms with Crippen LogP contribution >= 0.6 is 0 Å². The summed E-state index contributed by atoms with van der Waals surface area (Å²) in [6.45, 7) is 4.39. The molecule has 0 saturated carbocycles. The number of nitrogens with zero attached hydrogens (tertiary/aromatic N) is 1. The van der Waals surface area contributed by atoms with Gasteiger partial charge in [-0.15, -0.1) is 0 Å². The van der Waals surface area contributed by atoms with Crippen molar-refractivity contribution in [1.29, 1.82) is 0 Å². The highest BCUT2D eigenvalue weighted by atomic mass is 16.2. The van der Waals surface area contributed by atoms with E-state index in [2.05, 4.69) is 12.2 Å². The summed E-state index contributed by atoms with van der Waals surface area (Å²) in [6, 6.07) is 0.0903. The van der Waals surface area contributed by atoms with Crippen LogP contribution in [-0.2, 0) is 0 Å². The molecule has 2 amide bonds. The van der Waals surface area contributed by atoms with Crippen molar-refractivity contribution in [2.75, 3.05) is 13.6 Å². The molecule has 1 fully saturated rings. The number of nitrogens with one attached hydrogen (secondary N) is 1. The molecule has 3 heteroatoms. The molecule has 1 saturated heterocycles. The van der Waals surface area contributed by atoms with Crippen LogP contribution in [0.15, 0.2) is 0 Å². The second kappa shape index (κ2) is 1.65. The Morgan fingerprint density at radius 2 is 2.62 bits per heavy atom. The average Bonchev–Trinajstić information content (AvgIpc) is 1.98. The van der Waals surface area contributed by atoms with Crippen molar-refractivity contribution in [3.05, 3.63) is 6.92 Å². The smallest absolute Gasteiger partial charge is 0.317 e. The van der Waals surface area contributed by atoms with Gasteiger partial charge in [-0.2, -0.15) is 0 Å². The number of carbonyl (C=O) groups excluding carboxylic acids is 1. The van der Waals surface area contributed by atoms with Crippen molar-refractivity contribution in [2.24, 2.45) is 0 Å². The van der Waals surface area contributed by atoms with Gasteiger partial charge in [0.25, 0.3) is 0 Å². The van der Waals surface area contributed by atoms with Crippen LogP contribution in [0.5, 0.6) is 0 Å². The molecule has 1 aliphatic rings. The highest BCUT2D eigenvalue weighted by Gasteiger charge is 2.22. The predicted octanol–water partition coefficient (Wildman–Crippen LogP) is -0.156. The lowest BCUT2D eigenvalue weighted by atomic mass is 10.3. The number of likely N-dealkylation sites (N-methyl/N-ethyl adjacent to an activating group) is 1. The summed E-state index contributed by atoms with van der Waals surface area (Å²) in [4.78, 5) is 12.1. The van der Waals surface area contributed by atoms with Crippen molar-refractivity contribution in [1.82, 2.24) is 10.2 Å². The first-order valence-corrected chi connectivity index (χ1v) is 2.55. The zero-order chi connectivity index (χ0) is 6.15. The van der Waals surface area contributed by atoms with Gasteiger partial charge in [-0.25, -0.2) is 4.79 Å². The minimum Gasteiger partial charge on any atom is -0.336 e. The molecule has 8 heavy (non-hydrogen) atoms. The van der Waals surface area contributed by atoms with Crippen LogP contribution in [0, 0.1) is 6.92 Å². The van der Waals surface area contributed by atoms with Gasteiger partial charge in [0.15, 0.2) is 0 Å². The Hall–Kier alpha value is -0.730. The van der Waals surface area contributed by atoms with Gasteiger partial charge in [0.2, 0.25) is 0 Å². The second-order valence-electron chi connectivity index (χ2n) is 1.95. The van der Waals surface area contributed by atoms with Crippen LogP contribution in [0.3, 0.4) is 0 Å². The summed E-state index contributed by atoms with van der Waals surface area (Å²) in [7, 11) is 1.74. The lowest BCUT2D eigenvalue weighted by Gasteiger charge is -2.10. The highest BCUT2D eigenvalue weighted by molar-refractivity contribution is 5.76. The lowest BCUT2D eigenvalue weighted by Crippen LogP contribution is -2.27. The first-order valence-electron chi connectivity index (χ1n) is 2.55. The summed E-state index contributed by atoms with van der Waals surface area (Å²) in [5.41, 5.74) is 0. The van der Waals surface area contributed by atoms with Gasteiger partial charge in [0, 0.05) is 13.6 Å². The van der Waals surface area contributed by atoms with Crippen LogP contribution in [0.4, 0.5) is 4.79 Å². The van der Waals surface area contributed by atoms with Gasteiger partial charge in [0.05, 0.1) is 6.04 Å². The normalized spacial score (nSPS) is 28.5. The molecule has 1 N–H and O–H groups in total. The monoisotopic (exact) mass is 113 g/mol. The van der Waals surface area contributed by atoms with E-state index in [1.807, 2.05) is 0 Å². The molecule has 1 radical (unpaired) electrons. The first kappa shape index (κ1) is 5.41. The van der Waals surface area contributed by atoms with E-state index in [0.717, 1.165) is 0 Å². The van der Waals surface area contributed by atoms with E-state index >= 15 is 0 Å². The second-order valence-corrected chi connectivity index (χ2v) is 1.95. The Bertz CT molecular complexity index is 113. The Morgan fingerprint density at radius 1 is 2.00 bits per heavy atom. The predicted molar refractivity (Wildman–Crippen MR) is 30.3 cm³/mol. The Labute approximate surface area is 48.7 Å². The molecule has 1 heterocycles. The molecular formula is C5H9N2O. The van der Waals surface area contributed by atoms with Crippen molar-refractivity contribution in [2.45, 2.75) is 6.04 Å². The van der Waals surface area contributed by atoms with E-state index in [1.165, 1.54) is 0 Å². The van der Waals surface area contributed by atoms with Crippen LogP contribution in [0.2, 0.25) is 0 Å². The summed E-state index contributed by atoms with van der Waals surface area (Å²) < 4.78 is 0. The average molecular weight is 113 g/mol. The van der Waals surface area contributed by atoms with E-state index < -0.39 is 0 Å². The molecule has 1 aliphatic heterocycles. The van der Waals surface area contributed by atoms with Crippen molar-refractivity contribution < 1.29 is 4.79 Å². The fourth-order valence-corrected chi connectivity index (χ4v) is 0.633. The van der Waals surface area contributed by atoms with E-state index in [9.17, 15) is 4.79 Å². The number of amides is 2. The van der Waals surface area contributed by atoms with Gasteiger partial charge >= 0.3 is 6.03 Å². The number of carbonyl (C=O) groups is 1. The van der Waals surface area contributed by atoms with E-state index in [0.29, 0.717) is 6.54 Å². The first-order chi connectivity index (χ1) is 3.72. The number of hydrogen-bond acceptors (Lipinski definition) is 1. The van der Waals surface area contributed by atoms with Crippen LogP contribution in [0.1, 0.15) is 0 Å². The zero-order valence-electron chi connectivity index (χ0n) is 4.85. The molecule has 1 rings (SSSR count). The molecule has 1 atom stereocenters. The molecule has 0 spiro atoms. The third-order valence-corrected chi connectivity index (χ3v) is 1.36. The van der Waals surface area contributed by atoms with E-state index in [4.69, 9.17) is 0 Å². The van der Waals surface area contributed by atoms with Crippen molar-refractivity contribution >= 4 is 6.03 Å². The Morgan fingerprint density at radius 3 is 2.75 bits per heavy atom. The SMILES string of the molecule is [CH2]C1CNC(=O)N1C. The third kappa shape index (κ3) is 0.638. The van der Waals surface area contributed by atoms with Gasteiger partial charge in [-0.05, 0) is 6.92 Å². The summed E-state index contributed by atoms with van der Waals surface area (Å²) in [5, 5.41) is 2.64. The molecule has 1 unspecified atom stereocenters. The maximum atomic E-state index is 10.6. The Kier molecular flexibility index (Phi) is 1.12. The largest absolute Gasteiger partial charge is 0.336 e. The molecule has 45 valence electrons. The maximum absolute atomic E-state index is 10.6. The fourth-order valence-electron chi connectivity index (χ4n) is 0.633. The minimum atomic E-state index is -0.0231. The van der Waals surface area contributed by atoms with Crippen molar-refractivity contribution in [3.63, 3.8) is 0 Å². The van der Waals surface area contributed by atoms with Gasteiger partial charge in [-0.1, -0.05) is 0 Å². The maximum Gasteiger partial charge on any atom is 0.317 e. The minimum absolute atomic E-state index is 0.0231. The topological polar surface area (TPSA) is 32.3 Å². The Balaban J connectivity index is 2.56. The molecular weight excluding hydrogens is 104 g/mol. The van der Waals surface area contributed by atoms with E-state index in [-0.39, 0.29) is 12.1 Å². The van der Waals surface area contributed by atoms with Crippen LogP contribution in [-0.4, -0.2) is 30.6 Å². The molecule has 0 aromatic carbocycles. The number of hydrogen-bond donors (Lipinski definition) is 1. The van der Waals surface area contributed by atoms with E-state index in [1.54, 1.807) is 11.9 Å². The summed E-state index contributed by atoms with van der Waals surface area (Å²) in [5.74, 6) is 0. The highest BCUT2D eigenvalue weighted by Crippen LogP contribution is 1.99. The van der Waals surface area contributed by atoms with Gasteiger partial charge in [0.1, 0.15) is 0 Å². The number of rotatable bonds is 0. The molecule has 3 nitrogen and oxygen atoms in total. The van der Waals surface area contributed by atoms with Gasteiger partial charge in [-0.3, -0.25) is 0 Å². The third-order valence-electron chi connectivity index (χ3n) is 1.36. The van der Waals surface area contributed by atoms with Gasteiger partial charge < -0.3 is 10.2 Å². The quantitative estimate of drug-likeness (QED) is 0.465. The fraction of sp³-hybridized carbons (Fsp3) is 0.600. The molecule has 0 aliphatic carbocycles. The molecule has 0 aromatic rings. The van der Waals surface area contributed by atoms with Crippen LogP contribution in [0.25, 0.3) is 0 Å². The summed E-state index contributed by atoms with van der Waals surface area (Å²) >= 11 is 0. The molecule has 0 aromatic heterocycles. The molecule has 0 bridgehead atoms.